The second kappa shape index (κ2) is 7.27. The van der Waals surface area contributed by atoms with Crippen LogP contribution >= 0.6 is 11.3 Å². The Morgan fingerprint density at radius 2 is 2.12 bits per heavy atom. The molecule has 1 aromatic rings. The van der Waals surface area contributed by atoms with Gasteiger partial charge in [0, 0.05) is 11.4 Å². The van der Waals surface area contributed by atoms with Crippen LogP contribution in [0.5, 0.6) is 0 Å². The highest BCUT2D eigenvalue weighted by Gasteiger charge is 2.18. The van der Waals surface area contributed by atoms with Crippen LogP contribution in [0.4, 0.5) is 5.13 Å². The van der Waals surface area contributed by atoms with Crippen molar-refractivity contribution in [2.45, 2.75) is 40.0 Å². The van der Waals surface area contributed by atoms with E-state index >= 15 is 0 Å². The summed E-state index contributed by atoms with van der Waals surface area (Å²) >= 11 is 1.56. The standard InChI is InChI=1S/C12H20N2O2S/c1-4-7-9-10(11(15)16-6-3)14-12(17-9)13-8-5-2/h4-8H2,1-3H3,(H,13,14). The zero-order chi connectivity index (χ0) is 12.7. The van der Waals surface area contributed by atoms with Crippen molar-refractivity contribution < 1.29 is 9.53 Å². The van der Waals surface area contributed by atoms with Gasteiger partial charge in [0.05, 0.1) is 6.61 Å². The number of aromatic nitrogens is 1. The minimum Gasteiger partial charge on any atom is -0.461 e. The molecule has 1 heterocycles. The molecule has 1 N–H and O–H groups in total. The Hall–Kier alpha value is -1.10. The Morgan fingerprint density at radius 3 is 2.71 bits per heavy atom. The third-order valence-corrected chi connectivity index (χ3v) is 3.24. The maximum atomic E-state index is 11.7. The lowest BCUT2D eigenvalue weighted by Crippen LogP contribution is -2.08. The number of carbonyl (C=O) groups excluding carboxylic acids is 1. The number of carbonyl (C=O) groups is 1. The van der Waals surface area contributed by atoms with Crippen LogP contribution in [0.2, 0.25) is 0 Å². The van der Waals surface area contributed by atoms with Crippen LogP contribution in [0.25, 0.3) is 0 Å². The smallest absolute Gasteiger partial charge is 0.358 e. The van der Waals surface area contributed by atoms with E-state index < -0.39 is 0 Å². The number of ether oxygens (including phenoxy) is 1. The molecule has 96 valence electrons. The Labute approximate surface area is 106 Å². The van der Waals surface area contributed by atoms with Gasteiger partial charge in [-0.15, -0.1) is 11.3 Å². The Morgan fingerprint density at radius 1 is 1.35 bits per heavy atom. The highest BCUT2D eigenvalue weighted by molar-refractivity contribution is 7.15. The fourth-order valence-electron chi connectivity index (χ4n) is 1.41. The highest BCUT2D eigenvalue weighted by atomic mass is 32.1. The maximum Gasteiger partial charge on any atom is 0.358 e. The summed E-state index contributed by atoms with van der Waals surface area (Å²) in [5, 5.41) is 4.03. The van der Waals surface area contributed by atoms with E-state index in [0.717, 1.165) is 35.8 Å². The number of hydrogen-bond acceptors (Lipinski definition) is 5. The zero-order valence-corrected chi connectivity index (χ0v) is 11.5. The molecule has 0 amide bonds. The van der Waals surface area contributed by atoms with E-state index in [1.165, 1.54) is 0 Å². The molecule has 0 aromatic carbocycles. The van der Waals surface area contributed by atoms with Crippen molar-refractivity contribution in [3.05, 3.63) is 10.6 Å². The SMILES string of the molecule is CCCNc1nc(C(=O)OCC)c(CCC)s1. The minimum atomic E-state index is -0.309. The number of anilines is 1. The van der Waals surface area contributed by atoms with Gasteiger partial charge in [-0.2, -0.15) is 0 Å². The molecule has 1 aromatic heterocycles. The normalized spacial score (nSPS) is 10.3. The first-order valence-electron chi connectivity index (χ1n) is 6.13. The second-order valence-corrected chi connectivity index (χ2v) is 4.77. The summed E-state index contributed by atoms with van der Waals surface area (Å²) in [5.74, 6) is -0.309. The molecule has 0 saturated carbocycles. The Bertz CT molecular complexity index is 363. The number of nitrogens with one attached hydrogen (secondary N) is 1. The molecule has 5 heteroatoms. The van der Waals surface area contributed by atoms with Gasteiger partial charge >= 0.3 is 5.97 Å². The lowest BCUT2D eigenvalue weighted by atomic mass is 10.2. The molecular formula is C12H20N2O2S. The van der Waals surface area contributed by atoms with E-state index in [1.807, 2.05) is 0 Å². The number of hydrogen-bond donors (Lipinski definition) is 1. The number of thiazole rings is 1. The van der Waals surface area contributed by atoms with Crippen LogP contribution in [0.3, 0.4) is 0 Å². The van der Waals surface area contributed by atoms with Crippen molar-refractivity contribution in [3.8, 4) is 0 Å². The van der Waals surface area contributed by atoms with Crippen LogP contribution in [-0.2, 0) is 11.2 Å². The van der Waals surface area contributed by atoms with E-state index in [4.69, 9.17) is 4.74 Å². The van der Waals surface area contributed by atoms with Gasteiger partial charge in [-0.05, 0) is 19.8 Å². The Kier molecular flexibility index (Phi) is 5.97. The number of aryl methyl sites for hydroxylation is 1. The number of rotatable bonds is 7. The fourth-order valence-corrected chi connectivity index (χ4v) is 2.49. The average molecular weight is 256 g/mol. The van der Waals surface area contributed by atoms with Gasteiger partial charge in [0.1, 0.15) is 0 Å². The Balaban J connectivity index is 2.84. The maximum absolute atomic E-state index is 11.7. The molecule has 0 aliphatic heterocycles. The summed E-state index contributed by atoms with van der Waals surface area (Å²) in [6.45, 7) is 7.26. The average Bonchev–Trinajstić information content (AvgIpc) is 2.70. The predicted octanol–water partition coefficient (Wildman–Crippen LogP) is 3.09. The van der Waals surface area contributed by atoms with Crippen LogP contribution < -0.4 is 5.32 Å². The molecule has 0 bridgehead atoms. The van der Waals surface area contributed by atoms with Crippen molar-refractivity contribution in [3.63, 3.8) is 0 Å². The van der Waals surface area contributed by atoms with E-state index in [9.17, 15) is 4.79 Å². The summed E-state index contributed by atoms with van der Waals surface area (Å²) in [4.78, 5) is 17.1. The molecule has 0 spiro atoms. The molecule has 0 radical (unpaired) electrons. The van der Waals surface area contributed by atoms with Crippen LogP contribution in [0, 0.1) is 0 Å². The van der Waals surface area contributed by atoms with Gasteiger partial charge in [-0.1, -0.05) is 20.3 Å². The largest absolute Gasteiger partial charge is 0.461 e. The van der Waals surface area contributed by atoms with Gasteiger partial charge in [-0.25, -0.2) is 9.78 Å². The first-order chi connectivity index (χ1) is 8.22. The second-order valence-electron chi connectivity index (χ2n) is 3.69. The van der Waals surface area contributed by atoms with Crippen LogP contribution in [0.1, 0.15) is 49.0 Å². The molecule has 0 atom stereocenters. The predicted molar refractivity (Wildman–Crippen MR) is 70.8 cm³/mol. The highest BCUT2D eigenvalue weighted by Crippen LogP contribution is 2.25. The van der Waals surface area contributed by atoms with Crippen molar-refractivity contribution in [1.82, 2.24) is 4.98 Å². The fraction of sp³-hybridized carbons (Fsp3) is 0.667. The lowest BCUT2D eigenvalue weighted by molar-refractivity contribution is 0.0519. The van der Waals surface area contributed by atoms with Crippen molar-refractivity contribution in [1.29, 1.82) is 0 Å². The van der Waals surface area contributed by atoms with Crippen LogP contribution in [0.15, 0.2) is 0 Å². The summed E-state index contributed by atoms with van der Waals surface area (Å²) in [7, 11) is 0. The monoisotopic (exact) mass is 256 g/mol. The molecule has 0 aliphatic carbocycles. The minimum absolute atomic E-state index is 0.309. The first kappa shape index (κ1) is 14.0. The third kappa shape index (κ3) is 4.00. The van der Waals surface area contributed by atoms with Gasteiger partial charge < -0.3 is 10.1 Å². The summed E-state index contributed by atoms with van der Waals surface area (Å²) < 4.78 is 5.01. The third-order valence-electron chi connectivity index (χ3n) is 2.17. The molecular weight excluding hydrogens is 236 g/mol. The lowest BCUT2D eigenvalue weighted by Gasteiger charge is -2.00. The number of nitrogens with zero attached hydrogens (tertiary/aromatic N) is 1. The molecule has 4 nitrogen and oxygen atoms in total. The molecule has 0 saturated heterocycles. The van der Waals surface area contributed by atoms with E-state index in [-0.39, 0.29) is 5.97 Å². The number of esters is 1. The van der Waals surface area contributed by atoms with Gasteiger partial charge in [0.2, 0.25) is 0 Å². The van der Waals surface area contributed by atoms with Crippen molar-refractivity contribution >= 4 is 22.4 Å². The molecule has 0 aliphatic rings. The van der Waals surface area contributed by atoms with Crippen molar-refractivity contribution in [2.75, 3.05) is 18.5 Å². The summed E-state index contributed by atoms with van der Waals surface area (Å²) in [6, 6.07) is 0. The van der Waals surface area contributed by atoms with Gasteiger partial charge in [0.15, 0.2) is 10.8 Å². The van der Waals surface area contributed by atoms with Crippen LogP contribution in [-0.4, -0.2) is 24.1 Å². The summed E-state index contributed by atoms with van der Waals surface area (Å²) in [5.41, 5.74) is 0.484. The summed E-state index contributed by atoms with van der Waals surface area (Å²) in [6.07, 6.45) is 2.92. The molecule has 1 rings (SSSR count). The quantitative estimate of drug-likeness (QED) is 0.762. The van der Waals surface area contributed by atoms with E-state index in [0.29, 0.717) is 12.3 Å². The first-order valence-corrected chi connectivity index (χ1v) is 6.95. The van der Waals surface area contributed by atoms with Crippen molar-refractivity contribution in [2.24, 2.45) is 0 Å². The van der Waals surface area contributed by atoms with E-state index in [2.05, 4.69) is 24.1 Å². The van der Waals surface area contributed by atoms with Gasteiger partial charge in [0.25, 0.3) is 0 Å². The molecule has 17 heavy (non-hydrogen) atoms. The topological polar surface area (TPSA) is 51.2 Å². The molecule has 0 unspecified atom stereocenters. The van der Waals surface area contributed by atoms with Gasteiger partial charge in [-0.3, -0.25) is 0 Å². The molecule has 0 fully saturated rings. The van der Waals surface area contributed by atoms with E-state index in [1.54, 1.807) is 18.3 Å². The zero-order valence-electron chi connectivity index (χ0n) is 10.7.